The third kappa shape index (κ3) is 6.50. The van der Waals surface area contributed by atoms with Crippen molar-refractivity contribution < 1.29 is 9.59 Å². The average Bonchev–Trinajstić information content (AvgIpc) is 3.61. The van der Waals surface area contributed by atoms with E-state index in [9.17, 15) is 9.59 Å². The number of thiazole rings is 1. The van der Waals surface area contributed by atoms with Gasteiger partial charge in [0.2, 0.25) is 11.8 Å². The molecule has 3 atom stereocenters. The lowest BCUT2D eigenvalue weighted by Gasteiger charge is -2.35. The van der Waals surface area contributed by atoms with Gasteiger partial charge < -0.3 is 15.1 Å². The van der Waals surface area contributed by atoms with Crippen molar-refractivity contribution in [1.29, 1.82) is 0 Å². The van der Waals surface area contributed by atoms with Gasteiger partial charge in [-0.25, -0.2) is 4.98 Å². The lowest BCUT2D eigenvalue weighted by molar-refractivity contribution is -0.143. The molecule has 210 valence electrons. The first-order valence-electron chi connectivity index (χ1n) is 13.8. The Morgan fingerprint density at radius 1 is 1.20 bits per heavy atom. The van der Waals surface area contributed by atoms with Crippen molar-refractivity contribution in [3.63, 3.8) is 0 Å². The molecule has 3 heterocycles. The number of rotatable bonds is 10. The van der Waals surface area contributed by atoms with Crippen molar-refractivity contribution in [2.24, 2.45) is 5.92 Å². The second-order valence-corrected chi connectivity index (χ2v) is 11.5. The van der Waals surface area contributed by atoms with E-state index in [1.807, 2.05) is 75.6 Å². The van der Waals surface area contributed by atoms with Crippen LogP contribution in [0.4, 0.5) is 0 Å². The molecule has 1 fully saturated rings. The number of allylic oxidation sites excluding steroid dienone is 2. The zero-order chi connectivity index (χ0) is 28.8. The molecule has 1 aromatic carbocycles. The van der Waals surface area contributed by atoms with Crippen molar-refractivity contribution in [3.8, 4) is 10.4 Å². The highest BCUT2D eigenvalue weighted by molar-refractivity contribution is 7.13. The normalized spacial score (nSPS) is 17.0. The van der Waals surface area contributed by atoms with E-state index in [1.54, 1.807) is 34.7 Å². The van der Waals surface area contributed by atoms with Crippen LogP contribution in [0.1, 0.15) is 56.5 Å². The highest BCUT2D eigenvalue weighted by Gasteiger charge is 2.39. The van der Waals surface area contributed by atoms with E-state index in [0.29, 0.717) is 13.0 Å². The van der Waals surface area contributed by atoms with Gasteiger partial charge in [-0.05, 0) is 55.4 Å². The number of aromatic nitrogens is 2. The number of nitrogens with zero attached hydrogens (tertiary/aromatic N) is 4. The molecule has 2 aromatic heterocycles. The highest BCUT2D eigenvalue weighted by Crippen LogP contribution is 2.29. The Hall–Kier alpha value is -3.78. The minimum atomic E-state index is -0.482. The number of nitrogens with one attached hydrogen (secondary N) is 1. The van der Waals surface area contributed by atoms with Crippen LogP contribution in [0.3, 0.4) is 0 Å². The molecule has 2 amide bonds. The summed E-state index contributed by atoms with van der Waals surface area (Å²) in [5.74, 6) is -0.0980. The Morgan fingerprint density at radius 2 is 1.95 bits per heavy atom. The first-order chi connectivity index (χ1) is 19.2. The number of hydrogen-bond acceptors (Lipinski definition) is 6. The third-order valence-electron chi connectivity index (χ3n) is 7.50. The Balaban J connectivity index is 1.46. The topological polar surface area (TPSA) is 78.4 Å². The smallest absolute Gasteiger partial charge is 0.246 e. The molecule has 0 radical (unpaired) electrons. The highest BCUT2D eigenvalue weighted by atomic mass is 32.1. The van der Waals surface area contributed by atoms with Gasteiger partial charge in [-0.3, -0.25) is 14.6 Å². The summed E-state index contributed by atoms with van der Waals surface area (Å²) in [6.45, 7) is 12.6. The summed E-state index contributed by atoms with van der Waals surface area (Å²) >= 11 is 1.62. The molecule has 1 unspecified atom stereocenters. The lowest BCUT2D eigenvalue weighted by Crippen LogP contribution is -2.53. The van der Waals surface area contributed by atoms with Crippen LogP contribution in [0.25, 0.3) is 16.0 Å². The summed E-state index contributed by atoms with van der Waals surface area (Å²) in [6, 6.07) is 11.0. The number of benzene rings is 1. The number of pyridine rings is 1. The SMILES string of the molecule is C=C/C(=C\N(C)C(C(=O)N1CCC[C@H]1C(=O)N[C@@H](C)c1ccc(-c2scnc2C)cc1)C(C)C)c1cccnc1. The Morgan fingerprint density at radius 3 is 2.55 bits per heavy atom. The number of likely N-dealkylation sites (N-methyl/N-ethyl adjacent to an activating group) is 1. The Kier molecular flexibility index (Phi) is 9.53. The van der Waals surface area contributed by atoms with E-state index < -0.39 is 12.1 Å². The van der Waals surface area contributed by atoms with Crippen molar-refractivity contribution in [2.75, 3.05) is 13.6 Å². The molecule has 40 heavy (non-hydrogen) atoms. The molecule has 1 aliphatic rings. The summed E-state index contributed by atoms with van der Waals surface area (Å²) < 4.78 is 0. The monoisotopic (exact) mass is 557 g/mol. The van der Waals surface area contributed by atoms with Crippen LogP contribution in [0.2, 0.25) is 0 Å². The minimum absolute atomic E-state index is 0.0297. The number of carbonyl (C=O) groups is 2. The zero-order valence-corrected chi connectivity index (χ0v) is 24.8. The summed E-state index contributed by atoms with van der Waals surface area (Å²) in [6.07, 6.45) is 8.69. The third-order valence-corrected chi connectivity index (χ3v) is 8.47. The van der Waals surface area contributed by atoms with Gasteiger partial charge in [0, 0.05) is 37.7 Å². The number of likely N-dealkylation sites (tertiary alicyclic amines) is 1. The Labute approximate surface area is 241 Å². The lowest BCUT2D eigenvalue weighted by atomic mass is 10.00. The number of aryl methyl sites for hydroxylation is 1. The van der Waals surface area contributed by atoms with Crippen LogP contribution in [0.15, 0.2) is 73.2 Å². The van der Waals surface area contributed by atoms with Crippen LogP contribution >= 0.6 is 11.3 Å². The Bertz CT molecular complexity index is 1350. The molecular weight excluding hydrogens is 518 g/mol. The van der Waals surface area contributed by atoms with E-state index >= 15 is 0 Å². The predicted octanol–water partition coefficient (Wildman–Crippen LogP) is 5.87. The summed E-state index contributed by atoms with van der Waals surface area (Å²) in [7, 11) is 1.91. The van der Waals surface area contributed by atoms with E-state index in [2.05, 4.69) is 34.0 Å². The van der Waals surface area contributed by atoms with Crippen molar-refractivity contribution in [1.82, 2.24) is 25.1 Å². The molecule has 8 heteroatoms. The molecule has 7 nitrogen and oxygen atoms in total. The van der Waals surface area contributed by atoms with Gasteiger partial charge in [0.25, 0.3) is 0 Å². The zero-order valence-electron chi connectivity index (χ0n) is 24.0. The molecule has 1 saturated heterocycles. The van der Waals surface area contributed by atoms with Gasteiger partial charge in [-0.2, -0.15) is 0 Å². The van der Waals surface area contributed by atoms with Gasteiger partial charge >= 0.3 is 0 Å². The van der Waals surface area contributed by atoms with Crippen molar-refractivity contribution in [2.45, 2.75) is 58.7 Å². The van der Waals surface area contributed by atoms with Gasteiger partial charge in [-0.15, -0.1) is 11.3 Å². The fourth-order valence-electron chi connectivity index (χ4n) is 5.38. The van der Waals surface area contributed by atoms with Gasteiger partial charge in [0.15, 0.2) is 0 Å². The van der Waals surface area contributed by atoms with E-state index in [0.717, 1.165) is 39.3 Å². The van der Waals surface area contributed by atoms with Gasteiger partial charge in [0.05, 0.1) is 22.1 Å². The second kappa shape index (κ2) is 13.0. The number of hydrogen-bond donors (Lipinski definition) is 1. The molecular formula is C32H39N5O2S. The maximum atomic E-state index is 13.9. The maximum Gasteiger partial charge on any atom is 0.246 e. The molecule has 4 rings (SSSR count). The molecule has 0 saturated carbocycles. The number of carbonyl (C=O) groups excluding carboxylic acids is 2. The first kappa shape index (κ1) is 29.2. The predicted molar refractivity (Wildman–Crippen MR) is 162 cm³/mol. The van der Waals surface area contributed by atoms with E-state index in [1.165, 1.54) is 0 Å². The minimum Gasteiger partial charge on any atom is -0.368 e. The van der Waals surface area contributed by atoms with Crippen molar-refractivity contribution >= 4 is 28.7 Å². The summed E-state index contributed by atoms with van der Waals surface area (Å²) in [5.41, 5.74) is 6.83. The average molecular weight is 558 g/mol. The number of amides is 2. The van der Waals surface area contributed by atoms with Gasteiger partial charge in [0.1, 0.15) is 12.1 Å². The maximum absolute atomic E-state index is 13.9. The molecule has 1 N–H and O–H groups in total. The van der Waals surface area contributed by atoms with Crippen LogP contribution in [-0.2, 0) is 9.59 Å². The van der Waals surface area contributed by atoms with E-state index in [-0.39, 0.29) is 23.8 Å². The van der Waals surface area contributed by atoms with Crippen LogP contribution in [0.5, 0.6) is 0 Å². The van der Waals surface area contributed by atoms with Crippen LogP contribution in [-0.4, -0.2) is 57.3 Å². The summed E-state index contributed by atoms with van der Waals surface area (Å²) in [5, 5.41) is 3.16. The fraction of sp³-hybridized carbons (Fsp3) is 0.375. The first-order valence-corrected chi connectivity index (χ1v) is 14.7. The molecule has 1 aliphatic heterocycles. The van der Waals surface area contributed by atoms with Gasteiger partial charge in [-0.1, -0.05) is 56.8 Å². The fourth-order valence-corrected chi connectivity index (χ4v) is 6.19. The van der Waals surface area contributed by atoms with Crippen LogP contribution < -0.4 is 5.32 Å². The largest absolute Gasteiger partial charge is 0.368 e. The molecule has 0 bridgehead atoms. The van der Waals surface area contributed by atoms with Crippen LogP contribution in [0, 0.1) is 12.8 Å². The molecule has 3 aromatic rings. The standard InChI is InChI=1S/C32H39N5O2S/c1-7-24(27-10-8-16-33-18-27)19-36(6)29(21(2)3)32(39)37-17-9-11-28(37)31(38)35-22(4)25-12-14-26(15-13-25)30-23(5)34-20-40-30/h7-8,10,12-16,18-22,28-29H,1,9,11,17H2,2-6H3,(H,35,38)/b24-19+/t22-,28-,29?/m0/s1. The quantitative estimate of drug-likeness (QED) is 0.316. The molecule has 0 aliphatic carbocycles. The van der Waals surface area contributed by atoms with Crippen molar-refractivity contribution in [3.05, 3.63) is 90.0 Å². The molecule has 0 spiro atoms. The second-order valence-electron chi connectivity index (χ2n) is 10.7. The summed E-state index contributed by atoms with van der Waals surface area (Å²) in [4.78, 5) is 40.8. The van der Waals surface area contributed by atoms with E-state index in [4.69, 9.17) is 0 Å².